The van der Waals surface area contributed by atoms with Crippen molar-refractivity contribution in [3.05, 3.63) is 11.1 Å². The number of fused-ring (bicyclic) bond motifs is 3. The lowest BCUT2D eigenvalue weighted by molar-refractivity contribution is -0.206. The summed E-state index contributed by atoms with van der Waals surface area (Å²) in [4.78, 5) is 50.2. The second-order valence-electron chi connectivity index (χ2n) is 10.1. The Morgan fingerprint density at radius 2 is 1.58 bits per heavy atom. The fourth-order valence-corrected chi connectivity index (χ4v) is 7.35. The molecule has 0 saturated heterocycles. The van der Waals surface area contributed by atoms with Crippen LogP contribution in [0.4, 0.5) is 0 Å². The first-order valence-electron chi connectivity index (χ1n) is 11.0. The maximum Gasteiger partial charge on any atom is 0.333 e. The van der Waals surface area contributed by atoms with E-state index in [1.807, 2.05) is 6.92 Å². The van der Waals surface area contributed by atoms with Crippen LogP contribution < -0.4 is 0 Å². The van der Waals surface area contributed by atoms with Crippen LogP contribution in [0.1, 0.15) is 66.7 Å². The van der Waals surface area contributed by atoms with E-state index >= 15 is 0 Å². The lowest BCUT2D eigenvalue weighted by atomic mass is 9.42. The van der Waals surface area contributed by atoms with E-state index < -0.39 is 28.9 Å². The molecular formula is C24H34O7. The van der Waals surface area contributed by atoms with Crippen molar-refractivity contribution in [1.29, 1.82) is 0 Å². The molecule has 6 unspecified atom stereocenters. The van der Waals surface area contributed by atoms with Crippen molar-refractivity contribution < 1.29 is 33.4 Å². The van der Waals surface area contributed by atoms with Crippen LogP contribution in [0, 0.1) is 28.1 Å². The zero-order valence-corrected chi connectivity index (χ0v) is 19.6. The van der Waals surface area contributed by atoms with Crippen LogP contribution >= 0.6 is 0 Å². The van der Waals surface area contributed by atoms with Crippen LogP contribution in [-0.4, -0.2) is 44.0 Å². The normalized spacial score (nSPS) is 41.0. The third-order valence-electron chi connectivity index (χ3n) is 8.69. The number of rotatable bonds is 3. The monoisotopic (exact) mass is 434 g/mol. The summed E-state index contributed by atoms with van der Waals surface area (Å²) in [5.74, 6) is -1.43. The molecule has 0 amide bonds. The molecule has 3 fully saturated rings. The van der Waals surface area contributed by atoms with Crippen molar-refractivity contribution in [2.75, 3.05) is 14.2 Å². The summed E-state index contributed by atoms with van der Waals surface area (Å²) < 4.78 is 15.7. The molecule has 7 heteroatoms. The molecule has 3 saturated carbocycles. The standard InChI is InChI=1S/C24H34O7/c1-13(20(27)29-6)19-15(26)12-17-22(3)11-9-18(31-14(2)25)24(5,21(28)30-7)16(22)8-10-23(17,19)4/h16-18H,8-12H2,1-7H3. The van der Waals surface area contributed by atoms with Gasteiger partial charge < -0.3 is 14.2 Å². The summed E-state index contributed by atoms with van der Waals surface area (Å²) in [6.07, 6.45) is 2.34. The Bertz CT molecular complexity index is 858. The lowest BCUT2D eigenvalue weighted by Crippen LogP contribution is -2.62. The molecule has 0 heterocycles. The third kappa shape index (κ3) is 3.23. The zero-order chi connectivity index (χ0) is 23.4. The van der Waals surface area contributed by atoms with Crippen molar-refractivity contribution in [3.63, 3.8) is 0 Å². The zero-order valence-electron chi connectivity index (χ0n) is 19.6. The molecule has 0 aromatic carbocycles. The first kappa shape index (κ1) is 23.5. The summed E-state index contributed by atoms with van der Waals surface area (Å²) >= 11 is 0. The number of hydrogen-bond acceptors (Lipinski definition) is 7. The van der Waals surface area contributed by atoms with Crippen LogP contribution in [0.2, 0.25) is 0 Å². The second-order valence-corrected chi connectivity index (χ2v) is 10.1. The van der Waals surface area contributed by atoms with Gasteiger partial charge >= 0.3 is 17.9 Å². The summed E-state index contributed by atoms with van der Waals surface area (Å²) in [5.41, 5.74) is -0.858. The van der Waals surface area contributed by atoms with Crippen LogP contribution in [-0.2, 0) is 33.4 Å². The van der Waals surface area contributed by atoms with Crippen molar-refractivity contribution >= 4 is 23.7 Å². The van der Waals surface area contributed by atoms with Gasteiger partial charge in [0.2, 0.25) is 0 Å². The molecule has 172 valence electrons. The number of ether oxygens (including phenoxy) is 3. The van der Waals surface area contributed by atoms with Gasteiger partial charge in [0.25, 0.3) is 0 Å². The number of carbonyl (C=O) groups excluding carboxylic acids is 4. The molecule has 0 aliphatic heterocycles. The van der Waals surface area contributed by atoms with Crippen LogP contribution in [0.3, 0.4) is 0 Å². The topological polar surface area (TPSA) is 96.0 Å². The predicted molar refractivity (Wildman–Crippen MR) is 112 cm³/mol. The van der Waals surface area contributed by atoms with Gasteiger partial charge in [-0.3, -0.25) is 14.4 Å². The van der Waals surface area contributed by atoms with E-state index in [0.29, 0.717) is 36.8 Å². The Hall–Kier alpha value is -2.18. The van der Waals surface area contributed by atoms with Crippen LogP contribution in [0.15, 0.2) is 11.1 Å². The van der Waals surface area contributed by atoms with Gasteiger partial charge in [-0.05, 0) is 56.8 Å². The van der Waals surface area contributed by atoms with E-state index in [1.54, 1.807) is 6.92 Å². The molecule has 0 spiro atoms. The maximum absolute atomic E-state index is 13.2. The van der Waals surface area contributed by atoms with Gasteiger partial charge in [0.05, 0.1) is 14.2 Å². The predicted octanol–water partition coefficient (Wildman–Crippen LogP) is 3.39. The fourth-order valence-electron chi connectivity index (χ4n) is 7.35. The molecule has 0 aromatic heterocycles. The quantitative estimate of drug-likeness (QED) is 0.382. The maximum atomic E-state index is 13.2. The second kappa shape index (κ2) is 7.75. The molecule has 0 aromatic rings. The van der Waals surface area contributed by atoms with Gasteiger partial charge in [0.15, 0.2) is 5.78 Å². The van der Waals surface area contributed by atoms with Crippen molar-refractivity contribution in [3.8, 4) is 0 Å². The first-order valence-corrected chi connectivity index (χ1v) is 11.0. The molecular weight excluding hydrogens is 400 g/mol. The molecule has 0 radical (unpaired) electrons. The molecule has 6 atom stereocenters. The summed E-state index contributed by atoms with van der Waals surface area (Å²) in [6.45, 7) is 9.07. The summed E-state index contributed by atoms with van der Waals surface area (Å²) in [6, 6.07) is 0. The number of carbonyl (C=O) groups is 4. The minimum Gasteiger partial charge on any atom is -0.468 e. The van der Waals surface area contributed by atoms with E-state index in [9.17, 15) is 19.2 Å². The Labute approximate surface area is 183 Å². The van der Waals surface area contributed by atoms with E-state index in [0.717, 1.165) is 6.42 Å². The molecule has 3 aliphatic rings. The van der Waals surface area contributed by atoms with Crippen LogP contribution in [0.5, 0.6) is 0 Å². The van der Waals surface area contributed by atoms with E-state index in [2.05, 4.69) is 13.8 Å². The number of allylic oxidation sites excluding steroid dienone is 1. The minimum absolute atomic E-state index is 0.0147. The van der Waals surface area contributed by atoms with Crippen molar-refractivity contribution in [2.45, 2.75) is 72.8 Å². The first-order chi connectivity index (χ1) is 14.4. The highest BCUT2D eigenvalue weighted by Gasteiger charge is 2.68. The van der Waals surface area contributed by atoms with Gasteiger partial charge in [-0.15, -0.1) is 0 Å². The average Bonchev–Trinajstić information content (AvgIpc) is 2.99. The van der Waals surface area contributed by atoms with Crippen molar-refractivity contribution in [2.24, 2.45) is 28.1 Å². The van der Waals surface area contributed by atoms with Gasteiger partial charge in [-0.1, -0.05) is 13.8 Å². The highest BCUT2D eigenvalue weighted by molar-refractivity contribution is 6.06. The number of methoxy groups -OCH3 is 2. The summed E-state index contributed by atoms with van der Waals surface area (Å²) in [5, 5.41) is 0. The Balaban J connectivity index is 2.10. The molecule has 7 nitrogen and oxygen atoms in total. The Morgan fingerprint density at radius 1 is 0.935 bits per heavy atom. The number of esters is 3. The lowest BCUT2D eigenvalue weighted by Gasteiger charge is -2.61. The fraction of sp³-hybridized carbons (Fsp3) is 0.750. The molecule has 0 N–H and O–H groups in total. The number of hydrogen-bond donors (Lipinski definition) is 0. The molecule has 31 heavy (non-hydrogen) atoms. The Morgan fingerprint density at radius 3 is 2.13 bits per heavy atom. The average molecular weight is 435 g/mol. The highest BCUT2D eigenvalue weighted by atomic mass is 16.6. The van der Waals surface area contributed by atoms with Crippen LogP contribution in [0.25, 0.3) is 0 Å². The van der Waals surface area contributed by atoms with Gasteiger partial charge in [-0.2, -0.15) is 0 Å². The molecule has 3 aliphatic carbocycles. The largest absolute Gasteiger partial charge is 0.468 e. The van der Waals surface area contributed by atoms with Gasteiger partial charge in [0, 0.05) is 29.9 Å². The van der Waals surface area contributed by atoms with Gasteiger partial charge in [-0.25, -0.2) is 4.79 Å². The van der Waals surface area contributed by atoms with Gasteiger partial charge in [0.1, 0.15) is 11.5 Å². The van der Waals surface area contributed by atoms with E-state index in [1.165, 1.54) is 21.1 Å². The van der Waals surface area contributed by atoms with E-state index in [-0.39, 0.29) is 29.0 Å². The Kier molecular flexibility index (Phi) is 5.87. The third-order valence-corrected chi connectivity index (χ3v) is 8.69. The minimum atomic E-state index is -0.998. The number of Topliss-reactive ketones (excluding diaryl/α,β-unsaturated/α-hetero) is 1. The van der Waals surface area contributed by atoms with E-state index in [4.69, 9.17) is 14.2 Å². The SMILES string of the molecule is COC(=O)C(C)=C1C(=O)CC2C1(C)CCC1C2(C)CCC(OC(C)=O)C1(C)C(=O)OC. The molecule has 3 rings (SSSR count). The molecule has 0 bridgehead atoms. The van der Waals surface area contributed by atoms with Crippen molar-refractivity contribution in [1.82, 2.24) is 0 Å². The smallest absolute Gasteiger partial charge is 0.333 e. The highest BCUT2D eigenvalue weighted by Crippen LogP contribution is 2.69. The summed E-state index contributed by atoms with van der Waals surface area (Å²) in [7, 11) is 2.68. The number of ketones is 1.